The summed E-state index contributed by atoms with van der Waals surface area (Å²) in [7, 11) is 0. The van der Waals surface area contributed by atoms with Gasteiger partial charge in [0.15, 0.2) is 6.21 Å². The molecule has 0 aliphatic carbocycles. The van der Waals surface area contributed by atoms with Gasteiger partial charge in [-0.25, -0.2) is 9.53 Å². The first-order valence-electron chi connectivity index (χ1n) is 9.32. The van der Waals surface area contributed by atoms with Crippen LogP contribution in [0.3, 0.4) is 0 Å². The lowest BCUT2D eigenvalue weighted by atomic mass is 10.1. The van der Waals surface area contributed by atoms with E-state index < -0.39 is 17.7 Å². The van der Waals surface area contributed by atoms with Crippen molar-refractivity contribution in [2.75, 3.05) is 6.54 Å². The van der Waals surface area contributed by atoms with Crippen LogP contribution in [0.4, 0.5) is 4.79 Å². The number of hydrogen-bond donors (Lipinski definition) is 2. The number of nitrogens with zero attached hydrogens (tertiary/aromatic N) is 1. The summed E-state index contributed by atoms with van der Waals surface area (Å²) >= 11 is 6.07. The number of alkyl carbamates (subject to hydrolysis) is 1. The zero-order valence-corrected chi connectivity index (χ0v) is 17.4. The maximum absolute atomic E-state index is 13.0. The van der Waals surface area contributed by atoms with E-state index >= 15 is 0 Å². The Labute approximate surface area is 174 Å². The fourth-order valence-electron chi connectivity index (χ4n) is 3.00. The molecule has 0 saturated carbocycles. The molecule has 29 heavy (non-hydrogen) atoms. The Kier molecular flexibility index (Phi) is 6.13. The van der Waals surface area contributed by atoms with Crippen molar-refractivity contribution in [3.05, 3.63) is 76.1 Å². The molecule has 3 rings (SSSR count). The number of ether oxygens (including phenoxy) is 1. The van der Waals surface area contributed by atoms with Crippen molar-refractivity contribution in [3.63, 3.8) is 0 Å². The topological polar surface area (TPSA) is 80.2 Å². The molecular formula is C22H24ClN3O3. The van der Waals surface area contributed by atoms with Crippen LogP contribution >= 0.6 is 11.6 Å². The van der Waals surface area contributed by atoms with Gasteiger partial charge in [0.05, 0.1) is 6.54 Å². The van der Waals surface area contributed by atoms with Gasteiger partial charge >= 0.3 is 6.09 Å². The van der Waals surface area contributed by atoms with E-state index in [2.05, 4.69) is 10.3 Å². The zero-order chi connectivity index (χ0) is 21.0. The van der Waals surface area contributed by atoms with Crippen LogP contribution in [0.2, 0.25) is 5.02 Å². The Hall–Kier alpha value is -2.99. The lowest BCUT2D eigenvalue weighted by Crippen LogP contribution is -2.36. The number of hydrogen-bond acceptors (Lipinski definition) is 3. The molecule has 152 valence electrons. The van der Waals surface area contributed by atoms with Gasteiger partial charge < -0.3 is 20.2 Å². The number of amides is 1. The molecule has 0 fully saturated rings. The average molecular weight is 414 g/mol. The normalized spacial score (nSPS) is 13.3. The minimum Gasteiger partial charge on any atom is -0.623 e. The number of aromatic amines is 1. The van der Waals surface area contributed by atoms with E-state index in [9.17, 15) is 10.0 Å². The van der Waals surface area contributed by atoms with Gasteiger partial charge in [0.25, 0.3) is 0 Å². The zero-order valence-electron chi connectivity index (χ0n) is 16.6. The van der Waals surface area contributed by atoms with E-state index in [0.29, 0.717) is 5.02 Å². The molecule has 7 heteroatoms. The fourth-order valence-corrected chi connectivity index (χ4v) is 3.18. The van der Waals surface area contributed by atoms with Gasteiger partial charge in [-0.1, -0.05) is 35.9 Å². The van der Waals surface area contributed by atoms with E-state index in [0.717, 1.165) is 26.8 Å². The van der Waals surface area contributed by atoms with Crippen molar-refractivity contribution in [2.24, 2.45) is 0 Å². The third-order valence-corrected chi connectivity index (χ3v) is 4.49. The number of hydroxylamine groups is 1. The van der Waals surface area contributed by atoms with Crippen molar-refractivity contribution in [1.82, 2.24) is 10.3 Å². The van der Waals surface area contributed by atoms with Crippen LogP contribution in [-0.4, -0.2) is 34.2 Å². The lowest BCUT2D eigenvalue weighted by molar-refractivity contribution is -0.500. The molecule has 1 aromatic heterocycles. The van der Waals surface area contributed by atoms with Gasteiger partial charge in [-0.3, -0.25) is 0 Å². The molecule has 6 nitrogen and oxygen atoms in total. The van der Waals surface area contributed by atoms with Crippen LogP contribution < -0.4 is 5.32 Å². The molecule has 0 radical (unpaired) electrons. The molecule has 2 aromatic carbocycles. The minimum atomic E-state index is -0.655. The molecule has 3 aromatic rings. The number of nitrogens with one attached hydrogen (secondary N) is 2. The predicted octanol–water partition coefficient (Wildman–Crippen LogP) is 5.02. The number of halogens is 1. The number of H-pyrrole nitrogens is 1. The molecule has 2 N–H and O–H groups in total. The largest absolute Gasteiger partial charge is 0.623 e. The molecule has 1 amide bonds. The molecule has 0 aliphatic heterocycles. The Morgan fingerprint density at radius 1 is 1.28 bits per heavy atom. The number of aromatic nitrogens is 1. The summed E-state index contributed by atoms with van der Waals surface area (Å²) in [6.45, 7) is 5.45. The van der Waals surface area contributed by atoms with Crippen molar-refractivity contribution in [1.29, 1.82) is 0 Å². The third-order valence-electron chi connectivity index (χ3n) is 4.26. The minimum absolute atomic E-state index is 0.0807. The number of carbonyl (C=O) groups is 1. The van der Waals surface area contributed by atoms with Gasteiger partial charge in [-0.15, -0.1) is 0 Å². The van der Waals surface area contributed by atoms with Crippen LogP contribution in [-0.2, 0) is 4.74 Å². The second-order valence-corrected chi connectivity index (χ2v) is 8.17. The summed E-state index contributed by atoms with van der Waals surface area (Å²) in [5.74, 6) is 0. The quantitative estimate of drug-likeness (QED) is 0.267. The van der Waals surface area contributed by atoms with E-state index in [1.165, 1.54) is 6.21 Å². The molecular weight excluding hydrogens is 390 g/mol. The Morgan fingerprint density at radius 2 is 2.00 bits per heavy atom. The summed E-state index contributed by atoms with van der Waals surface area (Å²) in [6, 6.07) is 14.1. The molecule has 1 unspecified atom stereocenters. The van der Waals surface area contributed by atoms with Crippen molar-refractivity contribution >= 4 is 34.8 Å². The van der Waals surface area contributed by atoms with Crippen LogP contribution in [0.25, 0.3) is 10.9 Å². The number of benzene rings is 2. The van der Waals surface area contributed by atoms with E-state index in [4.69, 9.17) is 16.3 Å². The Bertz CT molecular complexity index is 1020. The van der Waals surface area contributed by atoms with Gasteiger partial charge in [0.1, 0.15) is 5.60 Å². The highest BCUT2D eigenvalue weighted by Crippen LogP contribution is 2.28. The summed E-state index contributed by atoms with van der Waals surface area (Å²) < 4.78 is 6.15. The second kappa shape index (κ2) is 8.57. The van der Waals surface area contributed by atoms with Gasteiger partial charge in [-0.05, 0) is 45.0 Å². The summed E-state index contributed by atoms with van der Waals surface area (Å²) in [5, 5.41) is 17.2. The molecule has 0 bridgehead atoms. The van der Waals surface area contributed by atoms with Crippen LogP contribution in [0, 0.1) is 5.21 Å². The highest BCUT2D eigenvalue weighted by atomic mass is 35.5. The van der Waals surface area contributed by atoms with Gasteiger partial charge in [0.2, 0.25) is 6.04 Å². The maximum atomic E-state index is 13.0. The first-order chi connectivity index (χ1) is 13.7. The predicted molar refractivity (Wildman–Crippen MR) is 116 cm³/mol. The lowest BCUT2D eigenvalue weighted by Gasteiger charge is -2.21. The number of carbonyl (C=O) groups excluding carboxylic acids is 1. The van der Waals surface area contributed by atoms with E-state index in [1.807, 2.05) is 36.4 Å². The SMILES string of the molecule is CC(C)(C)OC(=O)NCC(c1c[nH]c2cc(Cl)ccc12)[N+]([O-])=Cc1ccccc1. The van der Waals surface area contributed by atoms with Crippen LogP contribution in [0.1, 0.15) is 37.9 Å². The number of fused-ring (bicyclic) bond motifs is 1. The Morgan fingerprint density at radius 3 is 2.69 bits per heavy atom. The molecule has 0 spiro atoms. The molecule has 1 atom stereocenters. The number of rotatable bonds is 5. The van der Waals surface area contributed by atoms with Crippen molar-refractivity contribution in [2.45, 2.75) is 32.4 Å². The second-order valence-electron chi connectivity index (χ2n) is 7.73. The molecule has 1 heterocycles. The standard InChI is InChI=1S/C22H24ClN3O3/c1-22(2,3)29-21(27)25-13-20(26(28)14-15-7-5-4-6-8-15)18-12-24-19-11-16(23)9-10-17(18)19/h4-12,14,20,24H,13H2,1-3H3,(H,25,27). The highest BCUT2D eigenvalue weighted by Gasteiger charge is 2.25. The summed E-state index contributed by atoms with van der Waals surface area (Å²) in [5.41, 5.74) is 1.73. The Balaban J connectivity index is 1.92. The molecule has 0 saturated heterocycles. The maximum Gasteiger partial charge on any atom is 0.407 e. The summed E-state index contributed by atoms with van der Waals surface area (Å²) in [4.78, 5) is 15.3. The van der Waals surface area contributed by atoms with E-state index in [1.54, 1.807) is 39.1 Å². The van der Waals surface area contributed by atoms with Crippen LogP contribution in [0.15, 0.2) is 54.7 Å². The third kappa shape index (κ3) is 5.51. The first-order valence-corrected chi connectivity index (χ1v) is 9.69. The van der Waals surface area contributed by atoms with Crippen molar-refractivity contribution in [3.8, 4) is 0 Å². The van der Waals surface area contributed by atoms with Gasteiger partial charge in [-0.2, -0.15) is 0 Å². The van der Waals surface area contributed by atoms with Gasteiger partial charge in [0, 0.05) is 33.2 Å². The van der Waals surface area contributed by atoms with E-state index in [-0.39, 0.29) is 6.54 Å². The smallest absolute Gasteiger partial charge is 0.407 e. The average Bonchev–Trinajstić information content (AvgIpc) is 3.04. The monoisotopic (exact) mass is 413 g/mol. The fraction of sp³-hybridized carbons (Fsp3) is 0.273. The molecule has 0 aliphatic rings. The highest BCUT2D eigenvalue weighted by molar-refractivity contribution is 6.31. The van der Waals surface area contributed by atoms with Crippen molar-refractivity contribution < 1.29 is 14.3 Å². The first kappa shape index (κ1) is 20.7. The summed E-state index contributed by atoms with van der Waals surface area (Å²) in [6.07, 6.45) is 2.71. The van der Waals surface area contributed by atoms with Crippen LogP contribution in [0.5, 0.6) is 0 Å².